The van der Waals surface area contributed by atoms with E-state index in [9.17, 15) is 9.59 Å². The van der Waals surface area contributed by atoms with Gasteiger partial charge in [0.1, 0.15) is 11.4 Å². The molecule has 0 saturated carbocycles. The van der Waals surface area contributed by atoms with E-state index in [1.807, 2.05) is 55.5 Å². The van der Waals surface area contributed by atoms with Crippen LogP contribution in [0.25, 0.3) is 22.4 Å². The fourth-order valence-electron chi connectivity index (χ4n) is 4.89. The number of benzene rings is 2. The Kier molecular flexibility index (Phi) is 9.74. The number of hydrogen-bond acceptors (Lipinski definition) is 6. The first kappa shape index (κ1) is 29.6. The van der Waals surface area contributed by atoms with Crippen molar-refractivity contribution in [3.8, 4) is 28.1 Å². The molecular weight excluding hydrogens is 575 g/mol. The van der Waals surface area contributed by atoms with Gasteiger partial charge >= 0.3 is 6.03 Å². The molecule has 11 heteroatoms. The molecule has 0 unspecified atom stereocenters. The second kappa shape index (κ2) is 13.8. The first-order valence-electron chi connectivity index (χ1n) is 14.0. The molecule has 3 heterocycles. The number of aromatic nitrogens is 3. The summed E-state index contributed by atoms with van der Waals surface area (Å²) in [5.41, 5.74) is 3.12. The molecule has 0 bridgehead atoms. The Bertz CT molecular complexity index is 1600. The second-order valence-corrected chi connectivity index (χ2v) is 10.8. The number of rotatable bonds is 10. The Morgan fingerprint density at radius 1 is 0.952 bits per heavy atom. The highest BCUT2D eigenvalue weighted by Gasteiger charge is 2.16. The predicted molar refractivity (Wildman–Crippen MR) is 168 cm³/mol. The average Bonchev–Trinajstić information content (AvgIpc) is 3.52. The maximum absolute atomic E-state index is 13.0. The summed E-state index contributed by atoms with van der Waals surface area (Å²) in [6.45, 7) is 6.25. The SMILES string of the molecule is CCn1nc(-c2cccc(-c3cccc(OCCCN4CCCC4)c3)c2)cc(NC(=O)Nc2c(Cl)cncc2Cl)c1=O. The second-order valence-electron chi connectivity index (χ2n) is 9.98. The lowest BCUT2D eigenvalue weighted by molar-refractivity contribution is 0.262. The molecule has 2 aromatic carbocycles. The predicted octanol–water partition coefficient (Wildman–Crippen LogP) is 6.81. The van der Waals surface area contributed by atoms with Crippen LogP contribution in [-0.4, -0.2) is 51.9 Å². The molecule has 1 saturated heterocycles. The van der Waals surface area contributed by atoms with Gasteiger partial charge in [0.05, 0.1) is 28.0 Å². The molecule has 2 aromatic heterocycles. The lowest BCUT2D eigenvalue weighted by Crippen LogP contribution is -2.29. The minimum Gasteiger partial charge on any atom is -0.494 e. The number of ether oxygens (including phenoxy) is 1. The van der Waals surface area contributed by atoms with E-state index in [1.165, 1.54) is 43.0 Å². The molecule has 2 amide bonds. The molecule has 2 N–H and O–H groups in total. The van der Waals surface area contributed by atoms with Crippen molar-refractivity contribution in [1.29, 1.82) is 0 Å². The van der Waals surface area contributed by atoms with E-state index in [2.05, 4.69) is 25.6 Å². The highest BCUT2D eigenvalue weighted by molar-refractivity contribution is 6.39. The number of anilines is 2. The van der Waals surface area contributed by atoms with Crippen molar-refractivity contribution < 1.29 is 9.53 Å². The van der Waals surface area contributed by atoms with Crippen LogP contribution in [0.2, 0.25) is 10.0 Å². The van der Waals surface area contributed by atoms with Gasteiger partial charge in [-0.2, -0.15) is 5.10 Å². The van der Waals surface area contributed by atoms with E-state index < -0.39 is 11.6 Å². The molecule has 1 aliphatic rings. The zero-order valence-electron chi connectivity index (χ0n) is 23.3. The van der Waals surface area contributed by atoms with Crippen LogP contribution in [0.15, 0.2) is 71.8 Å². The molecule has 1 aliphatic heterocycles. The number of carbonyl (C=O) groups is 1. The van der Waals surface area contributed by atoms with Gasteiger partial charge in [-0.05, 0) is 74.7 Å². The molecule has 0 aliphatic carbocycles. The Labute approximate surface area is 254 Å². The Hall–Kier alpha value is -3.92. The first-order chi connectivity index (χ1) is 20.4. The summed E-state index contributed by atoms with van der Waals surface area (Å²) < 4.78 is 7.36. The number of hydrogen-bond donors (Lipinski definition) is 2. The Morgan fingerprint density at radius 2 is 1.64 bits per heavy atom. The number of aryl methyl sites for hydroxylation is 1. The van der Waals surface area contributed by atoms with Gasteiger partial charge in [0, 0.05) is 31.0 Å². The molecule has 0 radical (unpaired) electrons. The van der Waals surface area contributed by atoms with Gasteiger partial charge in [-0.25, -0.2) is 9.48 Å². The number of urea groups is 1. The number of nitrogens with zero attached hydrogens (tertiary/aromatic N) is 4. The third-order valence-electron chi connectivity index (χ3n) is 7.03. The highest BCUT2D eigenvalue weighted by atomic mass is 35.5. The third kappa shape index (κ3) is 7.28. The van der Waals surface area contributed by atoms with Crippen LogP contribution in [0.5, 0.6) is 5.75 Å². The van der Waals surface area contributed by atoms with E-state index in [1.54, 1.807) is 6.07 Å². The van der Waals surface area contributed by atoms with E-state index >= 15 is 0 Å². The van der Waals surface area contributed by atoms with Crippen molar-refractivity contribution >= 4 is 40.6 Å². The summed E-state index contributed by atoms with van der Waals surface area (Å²) >= 11 is 12.2. The van der Waals surface area contributed by atoms with Crippen LogP contribution in [0.4, 0.5) is 16.2 Å². The van der Waals surface area contributed by atoms with Gasteiger partial charge in [-0.1, -0.05) is 53.5 Å². The maximum Gasteiger partial charge on any atom is 0.323 e. The van der Waals surface area contributed by atoms with Crippen LogP contribution in [0.3, 0.4) is 0 Å². The maximum atomic E-state index is 13.0. The largest absolute Gasteiger partial charge is 0.494 e. The van der Waals surface area contributed by atoms with Crippen molar-refractivity contribution in [2.45, 2.75) is 32.7 Å². The van der Waals surface area contributed by atoms with Crippen molar-refractivity contribution in [2.24, 2.45) is 0 Å². The molecule has 9 nitrogen and oxygen atoms in total. The van der Waals surface area contributed by atoms with Gasteiger partial charge in [0.15, 0.2) is 0 Å². The van der Waals surface area contributed by atoms with E-state index in [0.717, 1.165) is 35.4 Å². The summed E-state index contributed by atoms with van der Waals surface area (Å²) in [6, 6.07) is 16.8. The van der Waals surface area contributed by atoms with Crippen LogP contribution in [0.1, 0.15) is 26.2 Å². The van der Waals surface area contributed by atoms with E-state index in [0.29, 0.717) is 18.8 Å². The van der Waals surface area contributed by atoms with E-state index in [4.69, 9.17) is 27.9 Å². The minimum atomic E-state index is -0.673. The fourth-order valence-corrected chi connectivity index (χ4v) is 5.35. The average molecular weight is 608 g/mol. The van der Waals surface area contributed by atoms with E-state index in [-0.39, 0.29) is 21.4 Å². The number of carbonyl (C=O) groups excluding carboxylic acids is 1. The van der Waals surface area contributed by atoms with Crippen molar-refractivity contribution in [3.05, 3.63) is 87.4 Å². The standard InChI is InChI=1S/C31H32Cl2N6O3/c1-2-39-30(40)28(35-31(41)36-29-25(32)19-34-20-26(29)33)18-27(37-39)23-10-5-8-21(16-23)22-9-6-11-24(17-22)42-15-7-14-38-12-3-4-13-38/h5-6,8-11,16-20H,2-4,7,12-15H2,1H3,(H2,34,35,36,41). The molecule has 218 valence electrons. The number of likely N-dealkylation sites (tertiary alicyclic amines) is 1. The zero-order chi connectivity index (χ0) is 29.5. The molecule has 4 aromatic rings. The number of amides is 2. The van der Waals surface area contributed by atoms with Crippen molar-refractivity contribution in [3.63, 3.8) is 0 Å². The summed E-state index contributed by atoms with van der Waals surface area (Å²) in [6.07, 6.45) is 6.31. The zero-order valence-corrected chi connectivity index (χ0v) is 24.8. The van der Waals surface area contributed by atoms with Crippen LogP contribution < -0.4 is 20.9 Å². The van der Waals surface area contributed by atoms with Crippen LogP contribution in [0, 0.1) is 0 Å². The minimum absolute atomic E-state index is 0.0652. The van der Waals surface area contributed by atoms with Gasteiger partial charge in [-0.15, -0.1) is 0 Å². The quantitative estimate of drug-likeness (QED) is 0.192. The fraction of sp³-hybridized carbons (Fsp3) is 0.290. The number of halogens is 2. The van der Waals surface area contributed by atoms with Crippen molar-refractivity contribution in [2.75, 3.05) is 36.9 Å². The molecule has 0 spiro atoms. The summed E-state index contributed by atoms with van der Waals surface area (Å²) in [4.78, 5) is 32.1. The lowest BCUT2D eigenvalue weighted by atomic mass is 10.0. The van der Waals surface area contributed by atoms with Gasteiger partial charge in [0.2, 0.25) is 0 Å². The van der Waals surface area contributed by atoms with Gasteiger partial charge < -0.3 is 20.3 Å². The normalized spacial score (nSPS) is 13.2. The molecule has 1 fully saturated rings. The topological polar surface area (TPSA) is 101 Å². The molecular formula is C31H32Cl2N6O3. The molecule has 5 rings (SSSR count). The third-order valence-corrected chi connectivity index (χ3v) is 7.60. The van der Waals surface area contributed by atoms with Crippen LogP contribution in [-0.2, 0) is 6.54 Å². The monoisotopic (exact) mass is 606 g/mol. The summed E-state index contributed by atoms with van der Waals surface area (Å²) in [5.74, 6) is 0.823. The summed E-state index contributed by atoms with van der Waals surface area (Å²) in [5, 5.41) is 10.1. The van der Waals surface area contributed by atoms with Gasteiger partial charge in [0.25, 0.3) is 5.56 Å². The smallest absolute Gasteiger partial charge is 0.323 e. The Morgan fingerprint density at radius 3 is 2.38 bits per heavy atom. The molecule has 42 heavy (non-hydrogen) atoms. The van der Waals surface area contributed by atoms with Crippen LogP contribution >= 0.6 is 23.2 Å². The lowest BCUT2D eigenvalue weighted by Gasteiger charge is -2.15. The number of nitrogens with one attached hydrogen (secondary N) is 2. The summed E-state index contributed by atoms with van der Waals surface area (Å²) in [7, 11) is 0. The van der Waals surface area contributed by atoms with Crippen molar-refractivity contribution in [1.82, 2.24) is 19.7 Å². The number of pyridine rings is 1. The van der Waals surface area contributed by atoms with Gasteiger partial charge in [-0.3, -0.25) is 9.78 Å². The first-order valence-corrected chi connectivity index (χ1v) is 14.7. The highest BCUT2D eigenvalue weighted by Crippen LogP contribution is 2.30. The molecule has 0 atom stereocenters. The Balaban J connectivity index is 1.33.